The lowest BCUT2D eigenvalue weighted by Gasteiger charge is -2.43. The minimum Gasteiger partial charge on any atom is -0.469 e. The van der Waals surface area contributed by atoms with Gasteiger partial charge in [-0.1, -0.05) is 6.92 Å². The molecule has 17 heavy (non-hydrogen) atoms. The number of rotatable bonds is 4. The molecule has 4 nitrogen and oxygen atoms in total. The molecule has 0 N–H and O–H groups in total. The highest BCUT2D eigenvalue weighted by atomic mass is 16.5. The number of likely N-dealkylation sites (tertiary alicyclic amines) is 1. The maximum absolute atomic E-state index is 11.5. The van der Waals surface area contributed by atoms with E-state index >= 15 is 0 Å². The molecule has 0 aromatic carbocycles. The van der Waals surface area contributed by atoms with E-state index in [4.69, 9.17) is 9.47 Å². The summed E-state index contributed by atoms with van der Waals surface area (Å²) in [6, 6.07) is 0.192. The Kier molecular flexibility index (Phi) is 4.95. The first-order valence-corrected chi connectivity index (χ1v) is 6.30. The minimum absolute atomic E-state index is 0.0810. The Balaban J connectivity index is 2.63. The highest BCUT2D eigenvalue weighted by Crippen LogP contribution is 2.27. The van der Waals surface area contributed by atoms with Gasteiger partial charge >= 0.3 is 5.97 Å². The third kappa shape index (κ3) is 3.42. The van der Waals surface area contributed by atoms with E-state index in [9.17, 15) is 4.79 Å². The first-order chi connectivity index (χ1) is 7.93. The summed E-state index contributed by atoms with van der Waals surface area (Å²) in [5.74, 6) is -0.235. The Bertz CT molecular complexity index is 269. The number of ether oxygens (including phenoxy) is 2. The van der Waals surface area contributed by atoms with Gasteiger partial charge in [0.15, 0.2) is 0 Å². The molecule has 0 bridgehead atoms. The van der Waals surface area contributed by atoms with Crippen molar-refractivity contribution >= 4 is 5.97 Å². The summed E-state index contributed by atoms with van der Waals surface area (Å²) in [7, 11) is 3.21. The van der Waals surface area contributed by atoms with Gasteiger partial charge in [0.2, 0.25) is 0 Å². The van der Waals surface area contributed by atoms with Crippen LogP contribution in [0.4, 0.5) is 0 Å². The molecule has 0 aromatic heterocycles. The van der Waals surface area contributed by atoms with Gasteiger partial charge in [0.25, 0.3) is 0 Å². The van der Waals surface area contributed by atoms with Crippen molar-refractivity contribution < 1.29 is 14.3 Å². The van der Waals surface area contributed by atoms with Crippen LogP contribution in [0, 0.1) is 5.92 Å². The van der Waals surface area contributed by atoms with Gasteiger partial charge in [0, 0.05) is 19.7 Å². The molecule has 0 radical (unpaired) electrons. The van der Waals surface area contributed by atoms with Crippen LogP contribution in [0.5, 0.6) is 0 Å². The zero-order valence-corrected chi connectivity index (χ0v) is 11.7. The van der Waals surface area contributed by atoms with Gasteiger partial charge < -0.3 is 9.47 Å². The van der Waals surface area contributed by atoms with Gasteiger partial charge in [-0.25, -0.2) is 0 Å². The fourth-order valence-electron chi connectivity index (χ4n) is 2.46. The van der Waals surface area contributed by atoms with Crippen LogP contribution in [-0.4, -0.2) is 49.8 Å². The van der Waals surface area contributed by atoms with Crippen molar-refractivity contribution in [2.75, 3.05) is 27.3 Å². The van der Waals surface area contributed by atoms with Gasteiger partial charge in [-0.15, -0.1) is 0 Å². The number of carbonyl (C=O) groups is 1. The van der Waals surface area contributed by atoms with Gasteiger partial charge in [-0.2, -0.15) is 0 Å². The molecule has 0 aromatic rings. The smallest absolute Gasteiger partial charge is 0.309 e. The second-order valence-electron chi connectivity index (χ2n) is 5.28. The van der Waals surface area contributed by atoms with E-state index in [-0.39, 0.29) is 23.5 Å². The van der Waals surface area contributed by atoms with Crippen molar-refractivity contribution in [3.05, 3.63) is 0 Å². The maximum Gasteiger partial charge on any atom is 0.309 e. The van der Waals surface area contributed by atoms with Gasteiger partial charge in [0.05, 0.1) is 18.6 Å². The van der Waals surface area contributed by atoms with E-state index in [1.807, 2.05) is 6.92 Å². The van der Waals surface area contributed by atoms with Crippen LogP contribution in [0.2, 0.25) is 0 Å². The highest BCUT2D eigenvalue weighted by Gasteiger charge is 2.35. The van der Waals surface area contributed by atoms with Crippen molar-refractivity contribution in [3.8, 4) is 0 Å². The predicted molar refractivity (Wildman–Crippen MR) is 66.9 cm³/mol. The molecule has 1 fully saturated rings. The largest absolute Gasteiger partial charge is 0.469 e. The predicted octanol–water partition coefficient (Wildman–Crippen LogP) is 1.68. The summed E-state index contributed by atoms with van der Waals surface area (Å²) in [4.78, 5) is 13.9. The molecule has 1 rings (SSSR count). The van der Waals surface area contributed by atoms with E-state index < -0.39 is 0 Å². The number of esters is 1. The normalized spacial score (nSPS) is 29.7. The molecule has 1 aliphatic rings. The topological polar surface area (TPSA) is 38.8 Å². The van der Waals surface area contributed by atoms with Crippen LogP contribution < -0.4 is 0 Å². The van der Waals surface area contributed by atoms with Gasteiger partial charge in [-0.05, 0) is 33.2 Å². The summed E-state index contributed by atoms with van der Waals surface area (Å²) in [6.07, 6.45) is 2.20. The summed E-state index contributed by atoms with van der Waals surface area (Å²) in [5, 5.41) is 0. The molecule has 4 heteroatoms. The van der Waals surface area contributed by atoms with E-state index in [0.29, 0.717) is 0 Å². The molecule has 3 unspecified atom stereocenters. The molecule has 1 aliphatic heterocycles. The van der Waals surface area contributed by atoms with Crippen LogP contribution in [0.25, 0.3) is 0 Å². The maximum atomic E-state index is 11.5. The van der Waals surface area contributed by atoms with Crippen LogP contribution in [0.15, 0.2) is 0 Å². The zero-order valence-electron chi connectivity index (χ0n) is 11.7. The molecule has 0 saturated carbocycles. The standard InChI is InChI=1S/C13H25NO3/c1-10(12(15)16-4)11(2)14-8-6-7-13(3,9-14)17-5/h10-11H,6-9H2,1-5H3. The first kappa shape index (κ1) is 14.5. The van der Waals surface area contributed by atoms with Crippen molar-refractivity contribution in [2.45, 2.75) is 45.3 Å². The van der Waals surface area contributed by atoms with Gasteiger partial charge in [-0.3, -0.25) is 9.69 Å². The lowest BCUT2D eigenvalue weighted by atomic mass is 9.91. The van der Waals surface area contributed by atoms with Crippen molar-refractivity contribution in [1.82, 2.24) is 4.90 Å². The fourth-order valence-corrected chi connectivity index (χ4v) is 2.46. The quantitative estimate of drug-likeness (QED) is 0.704. The fraction of sp³-hybridized carbons (Fsp3) is 0.923. The van der Waals surface area contributed by atoms with Crippen molar-refractivity contribution in [1.29, 1.82) is 0 Å². The first-order valence-electron chi connectivity index (χ1n) is 6.30. The second kappa shape index (κ2) is 5.83. The molecule has 1 saturated heterocycles. The summed E-state index contributed by atoms with van der Waals surface area (Å²) in [6.45, 7) is 8.06. The number of methoxy groups -OCH3 is 2. The molecule has 0 amide bonds. The highest BCUT2D eigenvalue weighted by molar-refractivity contribution is 5.72. The summed E-state index contributed by atoms with van der Waals surface area (Å²) >= 11 is 0. The molecule has 1 heterocycles. The Hall–Kier alpha value is -0.610. The van der Waals surface area contributed by atoms with E-state index in [0.717, 1.165) is 25.9 Å². The molecule has 0 aliphatic carbocycles. The minimum atomic E-state index is -0.137. The Labute approximate surface area is 104 Å². The zero-order chi connectivity index (χ0) is 13.1. The molecule has 3 atom stereocenters. The third-order valence-corrected chi connectivity index (χ3v) is 4.05. The van der Waals surface area contributed by atoms with E-state index in [1.165, 1.54) is 7.11 Å². The SMILES string of the molecule is COC(=O)C(C)C(C)N1CCCC(C)(OC)C1. The van der Waals surface area contributed by atoms with Crippen LogP contribution >= 0.6 is 0 Å². The average molecular weight is 243 g/mol. The van der Waals surface area contributed by atoms with Crippen LogP contribution in [-0.2, 0) is 14.3 Å². The molecule has 100 valence electrons. The summed E-state index contributed by atoms with van der Waals surface area (Å²) in [5.41, 5.74) is -0.0810. The summed E-state index contributed by atoms with van der Waals surface area (Å²) < 4.78 is 10.4. The third-order valence-electron chi connectivity index (χ3n) is 4.05. The second-order valence-corrected chi connectivity index (χ2v) is 5.28. The van der Waals surface area contributed by atoms with Crippen LogP contribution in [0.1, 0.15) is 33.6 Å². The monoisotopic (exact) mass is 243 g/mol. The van der Waals surface area contributed by atoms with Gasteiger partial charge in [0.1, 0.15) is 0 Å². The molecular formula is C13H25NO3. The van der Waals surface area contributed by atoms with E-state index in [1.54, 1.807) is 7.11 Å². The average Bonchev–Trinajstić information content (AvgIpc) is 2.36. The number of hydrogen-bond donors (Lipinski definition) is 0. The van der Waals surface area contributed by atoms with Crippen LogP contribution in [0.3, 0.4) is 0 Å². The lowest BCUT2D eigenvalue weighted by molar-refractivity contribution is -0.148. The van der Waals surface area contributed by atoms with Crippen molar-refractivity contribution in [3.63, 3.8) is 0 Å². The molecular weight excluding hydrogens is 218 g/mol. The number of nitrogens with zero attached hydrogens (tertiary/aromatic N) is 1. The Morgan fingerprint density at radius 3 is 2.53 bits per heavy atom. The Morgan fingerprint density at radius 1 is 1.35 bits per heavy atom. The Morgan fingerprint density at radius 2 is 2.00 bits per heavy atom. The van der Waals surface area contributed by atoms with E-state index in [2.05, 4.69) is 18.7 Å². The number of hydrogen-bond acceptors (Lipinski definition) is 4. The number of carbonyl (C=O) groups excluding carboxylic acids is 1. The molecule has 0 spiro atoms. The lowest BCUT2D eigenvalue weighted by Crippen LogP contribution is -2.52. The van der Waals surface area contributed by atoms with Crippen molar-refractivity contribution in [2.24, 2.45) is 5.92 Å². The number of piperidine rings is 1.